The fourth-order valence-electron chi connectivity index (χ4n) is 5.15. The van der Waals surface area contributed by atoms with Crippen LogP contribution >= 0.6 is 0 Å². The summed E-state index contributed by atoms with van der Waals surface area (Å²) in [7, 11) is -3.90. The number of nitrogens with one attached hydrogen (secondary N) is 1. The number of benzene rings is 3. The van der Waals surface area contributed by atoms with Crippen LogP contribution < -0.4 is 9.62 Å². The molecule has 212 valence electrons. The lowest BCUT2D eigenvalue weighted by Crippen LogP contribution is -2.54. The molecule has 1 aliphatic carbocycles. The molecule has 1 unspecified atom stereocenters. The summed E-state index contributed by atoms with van der Waals surface area (Å²) >= 11 is 0. The van der Waals surface area contributed by atoms with E-state index in [0.717, 1.165) is 65.1 Å². The normalized spacial score (nSPS) is 14.5. The monoisotopic (exact) mass is 565 g/mol. The van der Waals surface area contributed by atoms with Gasteiger partial charge in [-0.3, -0.25) is 13.9 Å². The standard InChI is InChI=1S/C31H36FN3O4S/c1-23-9-8-12-25(19-23)21-34(30(36)22-35(40(2,38)39)28-17-15-26(32)16-18-28)29(20-24-10-4-3-5-11-24)31(37)33-27-13-6-7-14-27/h3-5,8-12,15-19,27,29H,6-7,13-14,20-22H2,1-2H3,(H,33,37). The van der Waals surface area contributed by atoms with Gasteiger partial charge in [0, 0.05) is 19.0 Å². The van der Waals surface area contributed by atoms with Crippen molar-refractivity contribution in [1.82, 2.24) is 10.2 Å². The Balaban J connectivity index is 1.72. The maximum absolute atomic E-state index is 14.1. The summed E-state index contributed by atoms with van der Waals surface area (Å²) in [5.41, 5.74) is 2.88. The second-order valence-electron chi connectivity index (χ2n) is 10.5. The Hall–Kier alpha value is -3.72. The van der Waals surface area contributed by atoms with E-state index < -0.39 is 34.3 Å². The Kier molecular flexibility index (Phi) is 9.58. The predicted octanol–water partition coefficient (Wildman–Crippen LogP) is 4.60. The van der Waals surface area contributed by atoms with Gasteiger partial charge in [-0.1, -0.05) is 73.0 Å². The van der Waals surface area contributed by atoms with Crippen LogP contribution in [0.2, 0.25) is 0 Å². The van der Waals surface area contributed by atoms with E-state index in [4.69, 9.17) is 0 Å². The van der Waals surface area contributed by atoms with Crippen LogP contribution in [0.1, 0.15) is 42.4 Å². The zero-order chi connectivity index (χ0) is 28.7. The number of sulfonamides is 1. The number of carbonyl (C=O) groups is 2. The highest BCUT2D eigenvalue weighted by Crippen LogP contribution is 2.22. The van der Waals surface area contributed by atoms with E-state index in [0.29, 0.717) is 0 Å². The highest BCUT2D eigenvalue weighted by Gasteiger charge is 2.34. The number of nitrogens with zero attached hydrogens (tertiary/aromatic N) is 2. The van der Waals surface area contributed by atoms with Gasteiger partial charge in [-0.05, 0) is 55.2 Å². The molecule has 4 rings (SSSR count). The molecule has 0 aromatic heterocycles. The molecule has 1 aliphatic rings. The number of halogens is 1. The molecule has 0 spiro atoms. The minimum absolute atomic E-state index is 0.0495. The lowest BCUT2D eigenvalue weighted by molar-refractivity contribution is -0.140. The third-order valence-electron chi connectivity index (χ3n) is 7.20. The van der Waals surface area contributed by atoms with Crippen LogP contribution in [0.25, 0.3) is 0 Å². The number of hydrogen-bond acceptors (Lipinski definition) is 4. The van der Waals surface area contributed by atoms with E-state index >= 15 is 0 Å². The molecule has 9 heteroatoms. The first-order valence-electron chi connectivity index (χ1n) is 13.5. The van der Waals surface area contributed by atoms with Crippen molar-refractivity contribution in [1.29, 1.82) is 0 Å². The predicted molar refractivity (Wildman–Crippen MR) is 155 cm³/mol. The summed E-state index contributed by atoms with van der Waals surface area (Å²) in [6.45, 7) is 1.54. The summed E-state index contributed by atoms with van der Waals surface area (Å²) in [5.74, 6) is -1.31. The van der Waals surface area contributed by atoms with Crippen LogP contribution in [0.5, 0.6) is 0 Å². The van der Waals surface area contributed by atoms with Gasteiger partial charge in [-0.15, -0.1) is 0 Å². The molecule has 2 amide bonds. The molecular weight excluding hydrogens is 529 g/mol. The van der Waals surface area contributed by atoms with Crippen LogP contribution in [0, 0.1) is 12.7 Å². The van der Waals surface area contributed by atoms with Crippen LogP contribution in [0.15, 0.2) is 78.9 Å². The molecule has 1 atom stereocenters. The van der Waals surface area contributed by atoms with E-state index in [1.165, 1.54) is 17.0 Å². The Morgan fingerprint density at radius 1 is 0.950 bits per heavy atom. The van der Waals surface area contributed by atoms with E-state index in [1.54, 1.807) is 0 Å². The van der Waals surface area contributed by atoms with Crippen molar-refractivity contribution in [2.45, 2.75) is 57.7 Å². The molecule has 0 saturated heterocycles. The molecule has 40 heavy (non-hydrogen) atoms. The summed E-state index contributed by atoms with van der Waals surface area (Å²) < 4.78 is 40.1. The summed E-state index contributed by atoms with van der Waals surface area (Å²) in [4.78, 5) is 29.4. The van der Waals surface area contributed by atoms with E-state index in [-0.39, 0.29) is 30.6 Å². The van der Waals surface area contributed by atoms with E-state index in [1.807, 2.05) is 61.5 Å². The number of rotatable bonds is 11. The van der Waals surface area contributed by atoms with Gasteiger partial charge in [0.05, 0.1) is 11.9 Å². The molecule has 1 fully saturated rings. The fourth-order valence-corrected chi connectivity index (χ4v) is 6.00. The van der Waals surface area contributed by atoms with Crippen molar-refractivity contribution in [3.63, 3.8) is 0 Å². The van der Waals surface area contributed by atoms with Gasteiger partial charge in [-0.2, -0.15) is 0 Å². The van der Waals surface area contributed by atoms with Gasteiger partial charge >= 0.3 is 0 Å². The second-order valence-corrected chi connectivity index (χ2v) is 12.4. The first-order chi connectivity index (χ1) is 19.1. The zero-order valence-corrected chi connectivity index (χ0v) is 23.7. The Morgan fingerprint density at radius 3 is 2.23 bits per heavy atom. The summed E-state index contributed by atoms with van der Waals surface area (Å²) in [6, 6.07) is 21.3. The number of anilines is 1. The molecule has 0 aliphatic heterocycles. The van der Waals surface area contributed by atoms with Gasteiger partial charge in [0.25, 0.3) is 0 Å². The summed E-state index contributed by atoms with van der Waals surface area (Å²) in [5, 5.41) is 3.15. The third-order valence-corrected chi connectivity index (χ3v) is 8.34. The highest BCUT2D eigenvalue weighted by atomic mass is 32.2. The van der Waals surface area contributed by atoms with Crippen molar-refractivity contribution in [3.8, 4) is 0 Å². The molecule has 3 aromatic carbocycles. The third kappa shape index (κ3) is 7.91. The maximum Gasteiger partial charge on any atom is 0.244 e. The molecule has 0 bridgehead atoms. The minimum Gasteiger partial charge on any atom is -0.352 e. The Morgan fingerprint density at radius 2 is 1.60 bits per heavy atom. The second kappa shape index (κ2) is 13.1. The zero-order valence-electron chi connectivity index (χ0n) is 22.9. The highest BCUT2D eigenvalue weighted by molar-refractivity contribution is 7.92. The fraction of sp³-hybridized carbons (Fsp3) is 0.355. The minimum atomic E-state index is -3.90. The topological polar surface area (TPSA) is 86.8 Å². The first kappa shape index (κ1) is 29.3. The molecule has 0 radical (unpaired) electrons. The quantitative estimate of drug-likeness (QED) is 0.368. The Labute approximate surface area is 236 Å². The molecule has 3 aromatic rings. The van der Waals surface area contributed by atoms with Gasteiger partial charge < -0.3 is 10.2 Å². The SMILES string of the molecule is Cc1cccc(CN(C(=O)CN(c2ccc(F)cc2)S(C)(=O)=O)C(Cc2ccccc2)C(=O)NC2CCCC2)c1. The summed E-state index contributed by atoms with van der Waals surface area (Å²) in [6.07, 6.45) is 5.14. The van der Waals surface area contributed by atoms with Crippen molar-refractivity contribution in [2.75, 3.05) is 17.1 Å². The van der Waals surface area contributed by atoms with Crippen LogP contribution in [-0.2, 0) is 32.6 Å². The average Bonchev–Trinajstić information content (AvgIpc) is 3.43. The Bertz CT molecular complexity index is 1410. The molecule has 1 saturated carbocycles. The van der Waals surface area contributed by atoms with Crippen LogP contribution in [0.4, 0.5) is 10.1 Å². The van der Waals surface area contributed by atoms with Crippen molar-refractivity contribution in [3.05, 3.63) is 101 Å². The lowest BCUT2D eigenvalue weighted by Gasteiger charge is -2.34. The molecule has 7 nitrogen and oxygen atoms in total. The van der Waals surface area contributed by atoms with Gasteiger partial charge in [0.1, 0.15) is 18.4 Å². The number of carbonyl (C=O) groups excluding carboxylic acids is 2. The lowest BCUT2D eigenvalue weighted by atomic mass is 10.0. The van der Waals surface area contributed by atoms with Gasteiger partial charge in [0.2, 0.25) is 21.8 Å². The van der Waals surface area contributed by atoms with Crippen molar-refractivity contribution >= 4 is 27.5 Å². The van der Waals surface area contributed by atoms with Crippen LogP contribution in [0.3, 0.4) is 0 Å². The smallest absolute Gasteiger partial charge is 0.244 e. The molecular formula is C31H36FN3O4S. The number of amides is 2. The van der Waals surface area contributed by atoms with E-state index in [9.17, 15) is 22.4 Å². The van der Waals surface area contributed by atoms with E-state index in [2.05, 4.69) is 5.32 Å². The van der Waals surface area contributed by atoms with Gasteiger partial charge in [-0.25, -0.2) is 12.8 Å². The van der Waals surface area contributed by atoms with Crippen molar-refractivity contribution < 1.29 is 22.4 Å². The molecule has 0 heterocycles. The average molecular weight is 566 g/mol. The number of hydrogen-bond donors (Lipinski definition) is 1. The number of aryl methyl sites for hydroxylation is 1. The largest absolute Gasteiger partial charge is 0.352 e. The maximum atomic E-state index is 14.1. The molecule has 1 N–H and O–H groups in total. The first-order valence-corrected chi connectivity index (χ1v) is 15.4. The van der Waals surface area contributed by atoms with Crippen molar-refractivity contribution in [2.24, 2.45) is 0 Å². The van der Waals surface area contributed by atoms with Gasteiger partial charge in [0.15, 0.2) is 0 Å². The van der Waals surface area contributed by atoms with Crippen LogP contribution in [-0.4, -0.2) is 50.0 Å².